The van der Waals surface area contributed by atoms with Gasteiger partial charge in [0.1, 0.15) is 5.75 Å². The van der Waals surface area contributed by atoms with Crippen LogP contribution in [0.4, 0.5) is 0 Å². The Morgan fingerprint density at radius 3 is 2.57 bits per heavy atom. The zero-order valence-corrected chi connectivity index (χ0v) is 13.8. The van der Waals surface area contributed by atoms with Crippen molar-refractivity contribution >= 4 is 0 Å². The zero-order chi connectivity index (χ0) is 15.2. The van der Waals surface area contributed by atoms with Gasteiger partial charge in [0.15, 0.2) is 0 Å². The van der Waals surface area contributed by atoms with Crippen LogP contribution in [-0.2, 0) is 4.74 Å². The molecule has 1 heterocycles. The topological polar surface area (TPSA) is 30.5 Å². The van der Waals surface area contributed by atoms with E-state index in [4.69, 9.17) is 9.47 Å². The molecule has 1 aromatic rings. The molecule has 0 bridgehead atoms. The van der Waals surface area contributed by atoms with Gasteiger partial charge in [-0.3, -0.25) is 0 Å². The second kappa shape index (κ2) is 7.81. The zero-order valence-electron chi connectivity index (χ0n) is 13.8. The van der Waals surface area contributed by atoms with E-state index in [1.807, 2.05) is 0 Å². The first kappa shape index (κ1) is 16.3. The highest BCUT2D eigenvalue weighted by Crippen LogP contribution is 2.21. The molecule has 118 valence electrons. The van der Waals surface area contributed by atoms with Crippen molar-refractivity contribution in [1.29, 1.82) is 0 Å². The van der Waals surface area contributed by atoms with Gasteiger partial charge in [0, 0.05) is 18.7 Å². The first-order valence-electron chi connectivity index (χ1n) is 8.15. The van der Waals surface area contributed by atoms with E-state index < -0.39 is 0 Å². The van der Waals surface area contributed by atoms with Crippen LogP contribution in [0.1, 0.15) is 52.1 Å². The normalized spacial score (nSPS) is 24.0. The average Bonchev–Trinajstić information content (AvgIpc) is 2.45. The molecule has 1 aliphatic heterocycles. The van der Waals surface area contributed by atoms with E-state index in [9.17, 15) is 0 Å². The second-order valence-electron chi connectivity index (χ2n) is 6.56. The van der Waals surface area contributed by atoms with E-state index in [-0.39, 0.29) is 0 Å². The van der Waals surface area contributed by atoms with Gasteiger partial charge in [-0.2, -0.15) is 0 Å². The molecule has 0 amide bonds. The predicted octanol–water partition coefficient (Wildman–Crippen LogP) is 3.94. The molecule has 3 heteroatoms. The fraction of sp³-hybridized carbons (Fsp3) is 0.667. The van der Waals surface area contributed by atoms with Crippen molar-refractivity contribution in [3.63, 3.8) is 0 Å². The van der Waals surface area contributed by atoms with Gasteiger partial charge in [-0.25, -0.2) is 0 Å². The monoisotopic (exact) mass is 291 g/mol. The maximum absolute atomic E-state index is 5.73. The first-order chi connectivity index (χ1) is 10.0. The van der Waals surface area contributed by atoms with Crippen molar-refractivity contribution in [3.8, 4) is 5.75 Å². The van der Waals surface area contributed by atoms with Crippen molar-refractivity contribution in [3.05, 3.63) is 29.8 Å². The smallest absolute Gasteiger partial charge is 0.119 e. The van der Waals surface area contributed by atoms with Crippen LogP contribution >= 0.6 is 0 Å². The molecule has 1 aliphatic rings. The molecule has 3 nitrogen and oxygen atoms in total. The fourth-order valence-electron chi connectivity index (χ4n) is 2.71. The molecule has 0 saturated carbocycles. The van der Waals surface area contributed by atoms with E-state index in [0.717, 1.165) is 31.8 Å². The van der Waals surface area contributed by atoms with Gasteiger partial charge >= 0.3 is 0 Å². The van der Waals surface area contributed by atoms with E-state index in [1.54, 1.807) is 0 Å². The molecule has 2 rings (SSSR count). The number of nitrogens with one attached hydrogen (secondary N) is 1. The molecule has 0 aliphatic carbocycles. The average molecular weight is 291 g/mol. The summed E-state index contributed by atoms with van der Waals surface area (Å²) < 4.78 is 11.3. The third-order valence-corrected chi connectivity index (χ3v) is 3.93. The highest BCUT2D eigenvalue weighted by Gasteiger charge is 2.20. The van der Waals surface area contributed by atoms with Crippen LogP contribution in [0.15, 0.2) is 24.3 Å². The summed E-state index contributed by atoms with van der Waals surface area (Å²) >= 11 is 0. The van der Waals surface area contributed by atoms with Crippen molar-refractivity contribution in [2.45, 2.75) is 58.7 Å². The van der Waals surface area contributed by atoms with Crippen molar-refractivity contribution in [1.82, 2.24) is 5.32 Å². The van der Waals surface area contributed by atoms with E-state index in [0.29, 0.717) is 24.1 Å². The summed E-state index contributed by atoms with van der Waals surface area (Å²) in [6.07, 6.45) is 2.57. The lowest BCUT2D eigenvalue weighted by Crippen LogP contribution is -2.39. The van der Waals surface area contributed by atoms with Crippen LogP contribution in [0, 0.1) is 5.92 Å². The number of rotatable bonds is 6. The Bertz CT molecular complexity index is 416. The maximum atomic E-state index is 5.73. The lowest BCUT2D eigenvalue weighted by Gasteiger charge is -2.30. The minimum Gasteiger partial charge on any atom is -0.493 e. The van der Waals surface area contributed by atoms with Crippen molar-refractivity contribution in [2.24, 2.45) is 5.92 Å². The Morgan fingerprint density at radius 2 is 1.95 bits per heavy atom. The minimum atomic E-state index is 0.361. The third kappa shape index (κ3) is 5.33. The van der Waals surface area contributed by atoms with Crippen molar-refractivity contribution in [2.75, 3.05) is 13.2 Å². The Hall–Kier alpha value is -1.06. The van der Waals surface area contributed by atoms with Gasteiger partial charge in [-0.05, 0) is 50.3 Å². The summed E-state index contributed by atoms with van der Waals surface area (Å²) in [7, 11) is 0. The van der Waals surface area contributed by atoms with Crippen LogP contribution in [0.25, 0.3) is 0 Å². The van der Waals surface area contributed by atoms with Gasteiger partial charge in [0.2, 0.25) is 0 Å². The molecular formula is C18H29NO2. The summed E-state index contributed by atoms with van der Waals surface area (Å²) in [6.45, 7) is 10.3. The molecule has 1 aromatic carbocycles. The largest absolute Gasteiger partial charge is 0.493 e. The van der Waals surface area contributed by atoms with Gasteiger partial charge in [-0.1, -0.05) is 26.0 Å². The molecule has 3 unspecified atom stereocenters. The molecule has 0 aromatic heterocycles. The molecule has 3 atom stereocenters. The van der Waals surface area contributed by atoms with Crippen LogP contribution in [0.2, 0.25) is 0 Å². The maximum Gasteiger partial charge on any atom is 0.119 e. The number of hydrogen-bond acceptors (Lipinski definition) is 3. The van der Waals surface area contributed by atoms with Gasteiger partial charge in [0.25, 0.3) is 0 Å². The Labute approximate surface area is 129 Å². The van der Waals surface area contributed by atoms with E-state index in [1.165, 1.54) is 5.56 Å². The summed E-state index contributed by atoms with van der Waals surface area (Å²) in [6, 6.07) is 9.39. The standard InChI is InChI=1S/C18H29NO2/c1-13(2)12-21-18-7-5-16(6-8-18)15(4)19-17-9-10-20-14(3)11-17/h5-8,13-15,17,19H,9-12H2,1-4H3. The highest BCUT2D eigenvalue weighted by atomic mass is 16.5. The second-order valence-corrected chi connectivity index (χ2v) is 6.56. The third-order valence-electron chi connectivity index (χ3n) is 3.93. The molecule has 1 fully saturated rings. The number of hydrogen-bond donors (Lipinski definition) is 1. The van der Waals surface area contributed by atoms with E-state index in [2.05, 4.69) is 57.3 Å². The predicted molar refractivity (Wildman–Crippen MR) is 86.8 cm³/mol. The molecule has 21 heavy (non-hydrogen) atoms. The Kier molecular flexibility index (Phi) is 6.07. The summed E-state index contributed by atoms with van der Waals surface area (Å²) in [5.41, 5.74) is 1.31. The lowest BCUT2D eigenvalue weighted by atomic mass is 10.0. The molecular weight excluding hydrogens is 262 g/mol. The minimum absolute atomic E-state index is 0.361. The summed E-state index contributed by atoms with van der Waals surface area (Å²) in [5.74, 6) is 1.51. The SMILES string of the molecule is CC(C)COc1ccc(C(C)NC2CCOC(C)C2)cc1. The van der Waals surface area contributed by atoms with Gasteiger partial charge in [0.05, 0.1) is 12.7 Å². The molecule has 0 spiro atoms. The van der Waals surface area contributed by atoms with Crippen LogP contribution in [0.3, 0.4) is 0 Å². The van der Waals surface area contributed by atoms with Gasteiger partial charge < -0.3 is 14.8 Å². The lowest BCUT2D eigenvalue weighted by molar-refractivity contribution is 0.0116. The quantitative estimate of drug-likeness (QED) is 0.861. The van der Waals surface area contributed by atoms with Crippen LogP contribution < -0.4 is 10.1 Å². The molecule has 1 saturated heterocycles. The Morgan fingerprint density at radius 1 is 1.24 bits per heavy atom. The first-order valence-corrected chi connectivity index (χ1v) is 8.15. The molecule has 0 radical (unpaired) electrons. The molecule has 1 N–H and O–H groups in total. The highest BCUT2D eigenvalue weighted by molar-refractivity contribution is 5.29. The number of benzene rings is 1. The van der Waals surface area contributed by atoms with Crippen LogP contribution in [-0.4, -0.2) is 25.4 Å². The summed E-state index contributed by atoms with van der Waals surface area (Å²) in [5, 5.41) is 3.71. The Balaban J connectivity index is 1.85. The van der Waals surface area contributed by atoms with E-state index >= 15 is 0 Å². The number of ether oxygens (including phenoxy) is 2. The summed E-state index contributed by atoms with van der Waals surface area (Å²) in [4.78, 5) is 0. The van der Waals surface area contributed by atoms with Gasteiger partial charge in [-0.15, -0.1) is 0 Å². The van der Waals surface area contributed by atoms with Crippen molar-refractivity contribution < 1.29 is 9.47 Å². The fourth-order valence-corrected chi connectivity index (χ4v) is 2.71. The van der Waals surface area contributed by atoms with Crippen LogP contribution in [0.5, 0.6) is 5.75 Å².